The Morgan fingerprint density at radius 1 is 1.13 bits per heavy atom. The molecule has 0 radical (unpaired) electrons. The number of rotatable bonds is 6. The summed E-state index contributed by atoms with van der Waals surface area (Å²) in [5, 5.41) is 7.21. The second kappa shape index (κ2) is 9.50. The first-order valence-corrected chi connectivity index (χ1v) is 12.6. The van der Waals surface area contributed by atoms with E-state index in [1.54, 1.807) is 30.6 Å². The maximum atomic E-state index is 13.0. The molecule has 2 fully saturated rings. The highest BCUT2D eigenvalue weighted by Crippen LogP contribution is 2.28. The van der Waals surface area contributed by atoms with Crippen molar-refractivity contribution in [2.45, 2.75) is 50.0 Å². The molecular weight excluding hydrogens is 414 g/mol. The van der Waals surface area contributed by atoms with E-state index < -0.39 is 10.0 Å². The second-order valence-corrected chi connectivity index (χ2v) is 10.3. The quantitative estimate of drug-likeness (QED) is 0.739. The molecule has 4 rings (SSSR count). The third-order valence-electron chi connectivity index (χ3n) is 6.32. The summed E-state index contributed by atoms with van der Waals surface area (Å²) in [5.74, 6) is -0.284. The number of carbonyl (C=O) groups excluding carboxylic acids is 1. The van der Waals surface area contributed by atoms with Crippen molar-refractivity contribution < 1.29 is 13.2 Å². The molecule has 2 heterocycles. The summed E-state index contributed by atoms with van der Waals surface area (Å²) >= 11 is 0. The number of benzene rings is 1. The van der Waals surface area contributed by atoms with Gasteiger partial charge in [-0.25, -0.2) is 8.42 Å². The van der Waals surface area contributed by atoms with Gasteiger partial charge in [-0.05, 0) is 37.6 Å². The largest absolute Gasteiger partial charge is 0.322 e. The zero-order valence-corrected chi connectivity index (χ0v) is 18.9. The maximum Gasteiger partial charge on any atom is 0.258 e. The highest BCUT2D eigenvalue weighted by molar-refractivity contribution is 7.89. The van der Waals surface area contributed by atoms with Crippen LogP contribution in [0.25, 0.3) is 0 Å². The van der Waals surface area contributed by atoms with Crippen molar-refractivity contribution in [2.75, 3.05) is 38.0 Å². The predicted molar refractivity (Wildman–Crippen MR) is 120 cm³/mol. The molecular formula is C22H31N5O3S. The van der Waals surface area contributed by atoms with E-state index in [9.17, 15) is 13.2 Å². The van der Waals surface area contributed by atoms with E-state index >= 15 is 0 Å². The van der Waals surface area contributed by atoms with Crippen molar-refractivity contribution in [3.63, 3.8) is 0 Å². The minimum Gasteiger partial charge on any atom is -0.322 e. The van der Waals surface area contributed by atoms with Gasteiger partial charge in [-0.2, -0.15) is 9.40 Å². The molecule has 0 spiro atoms. The van der Waals surface area contributed by atoms with Crippen molar-refractivity contribution in [1.29, 1.82) is 0 Å². The monoisotopic (exact) mass is 445 g/mol. The van der Waals surface area contributed by atoms with Gasteiger partial charge in [0, 0.05) is 38.1 Å². The van der Waals surface area contributed by atoms with Gasteiger partial charge in [0.2, 0.25) is 10.0 Å². The zero-order valence-electron chi connectivity index (χ0n) is 18.0. The molecule has 1 aliphatic carbocycles. The predicted octanol–water partition coefficient (Wildman–Crippen LogP) is 2.97. The van der Waals surface area contributed by atoms with Crippen molar-refractivity contribution in [3.05, 3.63) is 42.2 Å². The van der Waals surface area contributed by atoms with Gasteiger partial charge in [-0.15, -0.1) is 0 Å². The Balaban J connectivity index is 1.44. The molecule has 0 atom stereocenters. The van der Waals surface area contributed by atoms with E-state index in [-0.39, 0.29) is 10.8 Å². The summed E-state index contributed by atoms with van der Waals surface area (Å²) in [4.78, 5) is 15.1. The number of amides is 1. The average molecular weight is 446 g/mol. The van der Waals surface area contributed by atoms with Gasteiger partial charge < -0.3 is 10.2 Å². The highest BCUT2D eigenvalue weighted by atomic mass is 32.2. The average Bonchev–Trinajstić information content (AvgIpc) is 3.30. The van der Waals surface area contributed by atoms with Crippen LogP contribution in [0.1, 0.15) is 55.4 Å². The first kappa shape index (κ1) is 22.0. The Bertz CT molecular complexity index is 1010. The third-order valence-corrected chi connectivity index (χ3v) is 8.22. The van der Waals surface area contributed by atoms with E-state index in [2.05, 4.69) is 22.2 Å². The molecule has 1 N–H and O–H groups in total. The fraction of sp³-hybridized carbons (Fsp3) is 0.545. The van der Waals surface area contributed by atoms with Crippen LogP contribution < -0.4 is 5.32 Å². The highest BCUT2D eigenvalue weighted by Gasteiger charge is 2.28. The number of aromatic nitrogens is 2. The maximum absolute atomic E-state index is 13.0. The van der Waals surface area contributed by atoms with E-state index in [0.29, 0.717) is 30.4 Å². The number of nitrogens with one attached hydrogen (secondary N) is 1. The molecule has 0 unspecified atom stereocenters. The topological polar surface area (TPSA) is 87.5 Å². The first-order chi connectivity index (χ1) is 15.0. The smallest absolute Gasteiger partial charge is 0.258 e. The normalized spacial score (nSPS) is 19.4. The summed E-state index contributed by atoms with van der Waals surface area (Å²) in [7, 11) is -3.59. The van der Waals surface area contributed by atoms with Crippen LogP contribution in [0.3, 0.4) is 0 Å². The van der Waals surface area contributed by atoms with Crippen LogP contribution in [0, 0.1) is 0 Å². The van der Waals surface area contributed by atoms with Gasteiger partial charge in [0.15, 0.2) is 0 Å². The van der Waals surface area contributed by atoms with Gasteiger partial charge in [-0.1, -0.05) is 32.3 Å². The molecule has 1 saturated heterocycles. The van der Waals surface area contributed by atoms with Gasteiger partial charge in [0.25, 0.3) is 5.91 Å². The second-order valence-electron chi connectivity index (χ2n) is 8.32. The van der Waals surface area contributed by atoms with E-state index in [1.807, 2.05) is 4.68 Å². The van der Waals surface area contributed by atoms with Gasteiger partial charge >= 0.3 is 0 Å². The lowest BCUT2D eigenvalue weighted by Crippen LogP contribution is -2.48. The van der Waals surface area contributed by atoms with Crippen molar-refractivity contribution in [2.24, 2.45) is 0 Å². The molecule has 1 amide bonds. The van der Waals surface area contributed by atoms with E-state index in [0.717, 1.165) is 32.5 Å². The first-order valence-electron chi connectivity index (χ1n) is 11.2. The zero-order chi connectivity index (χ0) is 21.8. The van der Waals surface area contributed by atoms with Gasteiger partial charge in [0.05, 0.1) is 22.7 Å². The van der Waals surface area contributed by atoms with Crippen LogP contribution in [0.2, 0.25) is 0 Å². The molecule has 2 aliphatic rings. The summed E-state index contributed by atoms with van der Waals surface area (Å²) in [6, 6.07) is 6.84. The molecule has 1 saturated carbocycles. The van der Waals surface area contributed by atoms with Crippen LogP contribution in [0.15, 0.2) is 41.6 Å². The number of anilines is 1. The van der Waals surface area contributed by atoms with Gasteiger partial charge in [-0.3, -0.25) is 9.48 Å². The molecule has 1 aromatic heterocycles. The molecule has 1 aromatic carbocycles. The van der Waals surface area contributed by atoms with Gasteiger partial charge in [0.1, 0.15) is 0 Å². The van der Waals surface area contributed by atoms with Crippen LogP contribution in [0.5, 0.6) is 0 Å². The molecule has 168 valence electrons. The lowest BCUT2D eigenvalue weighted by atomic mass is 9.96. The third kappa shape index (κ3) is 4.99. The lowest BCUT2D eigenvalue weighted by Gasteiger charge is -2.33. The Morgan fingerprint density at radius 2 is 1.87 bits per heavy atom. The van der Waals surface area contributed by atoms with Crippen molar-refractivity contribution in [1.82, 2.24) is 19.0 Å². The number of piperazine rings is 1. The standard InChI is InChI=1S/C22H31N5O3S/c1-2-25-11-13-26(14-12-25)31(29,30)21-10-6-7-19(15-21)24-22(28)18-16-23-27(17-18)20-8-4-3-5-9-20/h6-7,10,15-17,20H,2-5,8-9,11-14H2,1H3,(H,24,28). The van der Waals surface area contributed by atoms with Crippen LogP contribution in [0.4, 0.5) is 5.69 Å². The molecule has 2 aromatic rings. The number of hydrogen-bond acceptors (Lipinski definition) is 5. The Kier molecular flexibility index (Phi) is 6.74. The molecule has 8 nitrogen and oxygen atoms in total. The van der Waals surface area contributed by atoms with Crippen molar-refractivity contribution in [3.8, 4) is 0 Å². The fourth-order valence-electron chi connectivity index (χ4n) is 4.37. The minimum atomic E-state index is -3.59. The fourth-order valence-corrected chi connectivity index (χ4v) is 5.84. The molecule has 9 heteroatoms. The van der Waals surface area contributed by atoms with Crippen LogP contribution in [-0.4, -0.2) is 66.0 Å². The minimum absolute atomic E-state index is 0.202. The molecule has 31 heavy (non-hydrogen) atoms. The van der Waals surface area contributed by atoms with E-state index in [4.69, 9.17) is 0 Å². The molecule has 0 bridgehead atoms. The SMILES string of the molecule is CCN1CCN(S(=O)(=O)c2cccc(NC(=O)c3cnn(C4CCCCC4)c3)c2)CC1. The Hall–Kier alpha value is -2.23. The van der Waals surface area contributed by atoms with Crippen LogP contribution in [-0.2, 0) is 10.0 Å². The van der Waals surface area contributed by atoms with E-state index in [1.165, 1.54) is 29.6 Å². The number of hydrogen-bond donors (Lipinski definition) is 1. The summed E-state index contributed by atoms with van der Waals surface area (Å²) < 4.78 is 29.5. The summed E-state index contributed by atoms with van der Waals surface area (Å²) in [6.07, 6.45) is 9.21. The number of sulfonamides is 1. The summed E-state index contributed by atoms with van der Waals surface area (Å²) in [6.45, 7) is 5.43. The molecule has 1 aliphatic heterocycles. The number of likely N-dealkylation sites (N-methyl/N-ethyl adjacent to an activating group) is 1. The lowest BCUT2D eigenvalue weighted by molar-refractivity contribution is 0.102. The summed E-state index contributed by atoms with van der Waals surface area (Å²) in [5.41, 5.74) is 0.943. The number of carbonyl (C=O) groups is 1. The van der Waals surface area contributed by atoms with Crippen molar-refractivity contribution >= 4 is 21.6 Å². The Labute approximate surface area is 184 Å². The Morgan fingerprint density at radius 3 is 2.58 bits per heavy atom. The van der Waals surface area contributed by atoms with Crippen LogP contribution >= 0.6 is 0 Å². The number of nitrogens with zero attached hydrogens (tertiary/aromatic N) is 4.